The number of thioether (sulfide) groups is 1. The minimum Gasteiger partial charge on any atom is -0.258 e. The molecule has 0 heterocycles. The number of nitro groups is 1. The fourth-order valence-corrected chi connectivity index (χ4v) is 1.87. The third kappa shape index (κ3) is 4.20. The maximum absolute atomic E-state index is 10.4. The Morgan fingerprint density at radius 3 is 2.69 bits per heavy atom. The molecule has 6 nitrogen and oxygen atoms in total. The van der Waals surface area contributed by atoms with Crippen LogP contribution in [0.2, 0.25) is 0 Å². The van der Waals surface area contributed by atoms with E-state index in [9.17, 15) is 10.1 Å². The summed E-state index contributed by atoms with van der Waals surface area (Å²) < 4.78 is 0. The topological polar surface area (TPSA) is 91.9 Å². The van der Waals surface area contributed by atoms with Crippen molar-refractivity contribution in [1.82, 2.24) is 0 Å². The van der Waals surface area contributed by atoms with Gasteiger partial charge in [-0.3, -0.25) is 10.1 Å². The molecule has 0 aliphatic carbocycles. The van der Waals surface area contributed by atoms with Gasteiger partial charge in [0.25, 0.3) is 5.69 Å². The van der Waals surface area contributed by atoms with Crippen LogP contribution in [-0.2, 0) is 0 Å². The number of azide groups is 1. The van der Waals surface area contributed by atoms with E-state index in [1.165, 1.54) is 12.1 Å². The molecular weight excluding hydrogens is 228 g/mol. The van der Waals surface area contributed by atoms with Gasteiger partial charge in [-0.15, -0.1) is 11.8 Å². The normalized spacial score (nSPS) is 9.50. The second-order valence-corrected chi connectivity index (χ2v) is 4.08. The first-order valence-electron chi connectivity index (χ1n) is 4.62. The Kier molecular flexibility index (Phi) is 5.18. The molecule has 84 valence electrons. The van der Waals surface area contributed by atoms with Gasteiger partial charge in [-0.25, -0.2) is 0 Å². The number of non-ortho nitro benzene ring substituents is 1. The van der Waals surface area contributed by atoms with Crippen LogP contribution < -0.4 is 0 Å². The number of benzene rings is 1. The monoisotopic (exact) mass is 238 g/mol. The zero-order valence-electron chi connectivity index (χ0n) is 8.44. The maximum atomic E-state index is 10.4. The van der Waals surface area contributed by atoms with Crippen molar-refractivity contribution in [2.45, 2.75) is 11.3 Å². The van der Waals surface area contributed by atoms with E-state index in [0.29, 0.717) is 6.54 Å². The van der Waals surface area contributed by atoms with Gasteiger partial charge in [-0.1, -0.05) is 5.11 Å². The first-order valence-corrected chi connectivity index (χ1v) is 5.60. The van der Waals surface area contributed by atoms with Crippen molar-refractivity contribution in [2.75, 3.05) is 12.3 Å². The highest BCUT2D eigenvalue weighted by molar-refractivity contribution is 7.99. The summed E-state index contributed by atoms with van der Waals surface area (Å²) in [5.41, 5.74) is 8.15. The summed E-state index contributed by atoms with van der Waals surface area (Å²) in [4.78, 5) is 13.6. The molecule has 0 radical (unpaired) electrons. The van der Waals surface area contributed by atoms with Crippen LogP contribution in [-0.4, -0.2) is 17.2 Å². The van der Waals surface area contributed by atoms with E-state index in [2.05, 4.69) is 10.0 Å². The Hall–Kier alpha value is -1.72. The van der Waals surface area contributed by atoms with Crippen LogP contribution in [0, 0.1) is 10.1 Å². The van der Waals surface area contributed by atoms with Crippen molar-refractivity contribution in [3.8, 4) is 0 Å². The lowest BCUT2D eigenvalue weighted by atomic mass is 10.3. The molecule has 0 aliphatic rings. The predicted molar refractivity (Wildman–Crippen MR) is 62.5 cm³/mol. The van der Waals surface area contributed by atoms with Crippen molar-refractivity contribution in [1.29, 1.82) is 0 Å². The maximum Gasteiger partial charge on any atom is 0.269 e. The zero-order valence-corrected chi connectivity index (χ0v) is 9.26. The molecule has 16 heavy (non-hydrogen) atoms. The minimum atomic E-state index is -0.421. The van der Waals surface area contributed by atoms with Gasteiger partial charge in [0, 0.05) is 28.5 Å². The third-order valence-electron chi connectivity index (χ3n) is 1.78. The average molecular weight is 238 g/mol. The quantitative estimate of drug-likeness (QED) is 0.145. The summed E-state index contributed by atoms with van der Waals surface area (Å²) in [5, 5.41) is 13.8. The van der Waals surface area contributed by atoms with Gasteiger partial charge in [-0.2, -0.15) is 0 Å². The number of nitrogens with zero attached hydrogens (tertiary/aromatic N) is 4. The minimum absolute atomic E-state index is 0.0958. The van der Waals surface area contributed by atoms with Crippen LogP contribution in [0.25, 0.3) is 10.4 Å². The van der Waals surface area contributed by atoms with Gasteiger partial charge in [0.15, 0.2) is 0 Å². The van der Waals surface area contributed by atoms with Crippen LogP contribution in [0.15, 0.2) is 34.3 Å². The van der Waals surface area contributed by atoms with Crippen LogP contribution in [0.3, 0.4) is 0 Å². The Bertz CT molecular complexity index is 400. The fourth-order valence-electron chi connectivity index (χ4n) is 1.03. The second-order valence-electron chi connectivity index (χ2n) is 2.91. The van der Waals surface area contributed by atoms with Crippen LogP contribution in [0.4, 0.5) is 5.69 Å². The lowest BCUT2D eigenvalue weighted by Gasteiger charge is -1.99. The number of hydrogen-bond donors (Lipinski definition) is 0. The van der Waals surface area contributed by atoms with Crippen molar-refractivity contribution in [2.24, 2.45) is 5.11 Å². The molecule has 1 aromatic carbocycles. The summed E-state index contributed by atoms with van der Waals surface area (Å²) in [6, 6.07) is 6.40. The lowest BCUT2D eigenvalue weighted by Crippen LogP contribution is -1.87. The molecule has 0 aromatic heterocycles. The molecule has 0 fully saturated rings. The van der Waals surface area contributed by atoms with Gasteiger partial charge < -0.3 is 0 Å². The Morgan fingerprint density at radius 1 is 1.44 bits per heavy atom. The second kappa shape index (κ2) is 6.71. The van der Waals surface area contributed by atoms with Crippen molar-refractivity contribution in [3.05, 3.63) is 44.8 Å². The van der Waals surface area contributed by atoms with E-state index in [4.69, 9.17) is 5.53 Å². The van der Waals surface area contributed by atoms with Crippen molar-refractivity contribution >= 4 is 17.4 Å². The first kappa shape index (κ1) is 12.4. The van der Waals surface area contributed by atoms with Gasteiger partial charge in [-0.05, 0) is 29.8 Å². The summed E-state index contributed by atoms with van der Waals surface area (Å²) >= 11 is 1.59. The summed E-state index contributed by atoms with van der Waals surface area (Å²) in [6.07, 6.45) is 0.797. The smallest absolute Gasteiger partial charge is 0.258 e. The van der Waals surface area contributed by atoms with Crippen molar-refractivity contribution < 1.29 is 4.92 Å². The van der Waals surface area contributed by atoms with Crippen molar-refractivity contribution in [3.63, 3.8) is 0 Å². The fraction of sp³-hybridized carbons (Fsp3) is 0.333. The zero-order chi connectivity index (χ0) is 11.8. The highest BCUT2D eigenvalue weighted by atomic mass is 32.2. The summed E-state index contributed by atoms with van der Waals surface area (Å²) in [7, 11) is 0. The average Bonchev–Trinajstić information content (AvgIpc) is 2.29. The number of nitro benzene ring substituents is 1. The van der Waals surface area contributed by atoms with Gasteiger partial charge in [0.1, 0.15) is 0 Å². The Morgan fingerprint density at radius 2 is 2.12 bits per heavy atom. The highest BCUT2D eigenvalue weighted by Crippen LogP contribution is 2.21. The van der Waals surface area contributed by atoms with Crippen LogP contribution >= 0.6 is 11.8 Å². The molecule has 1 rings (SSSR count). The Labute approximate surface area is 96.4 Å². The van der Waals surface area contributed by atoms with Gasteiger partial charge in [0.05, 0.1) is 4.92 Å². The molecule has 7 heteroatoms. The van der Waals surface area contributed by atoms with E-state index in [-0.39, 0.29) is 5.69 Å². The van der Waals surface area contributed by atoms with E-state index in [1.807, 2.05) is 0 Å². The van der Waals surface area contributed by atoms with Crippen LogP contribution in [0.5, 0.6) is 0 Å². The number of hydrogen-bond acceptors (Lipinski definition) is 4. The molecular formula is C9H10N4O2S. The SMILES string of the molecule is [N-]=[N+]=NCCCSc1ccc([N+](=O)[O-])cc1. The van der Waals surface area contributed by atoms with Gasteiger partial charge in [0.2, 0.25) is 0 Å². The largest absolute Gasteiger partial charge is 0.269 e. The van der Waals surface area contributed by atoms with Gasteiger partial charge >= 0.3 is 0 Å². The van der Waals surface area contributed by atoms with E-state index in [1.54, 1.807) is 23.9 Å². The Balaban J connectivity index is 2.37. The first-order chi connectivity index (χ1) is 7.74. The summed E-state index contributed by atoms with van der Waals surface area (Å²) in [5.74, 6) is 0.830. The molecule has 0 atom stereocenters. The standard InChI is InChI=1S/C9H10N4O2S/c10-12-11-6-1-7-16-9-4-2-8(3-5-9)13(14)15/h2-5H,1,6-7H2. The molecule has 1 aromatic rings. The lowest BCUT2D eigenvalue weighted by molar-refractivity contribution is -0.384. The molecule has 0 unspecified atom stereocenters. The van der Waals surface area contributed by atoms with E-state index in [0.717, 1.165) is 17.1 Å². The molecule has 0 amide bonds. The molecule has 0 aliphatic heterocycles. The van der Waals surface area contributed by atoms with E-state index < -0.39 is 4.92 Å². The molecule has 0 spiro atoms. The predicted octanol–water partition coefficient (Wildman–Crippen LogP) is 3.39. The summed E-state index contributed by atoms with van der Waals surface area (Å²) in [6.45, 7) is 0.483. The molecule has 0 bridgehead atoms. The molecule has 0 N–H and O–H groups in total. The molecule has 0 saturated heterocycles. The van der Waals surface area contributed by atoms with Crippen LogP contribution in [0.1, 0.15) is 6.42 Å². The third-order valence-corrected chi connectivity index (χ3v) is 2.88. The molecule has 0 saturated carbocycles. The number of rotatable bonds is 6. The highest BCUT2D eigenvalue weighted by Gasteiger charge is 2.03. The van der Waals surface area contributed by atoms with E-state index >= 15 is 0 Å².